The zero-order valence-corrected chi connectivity index (χ0v) is 32.6. The maximum atomic E-state index is 13.3. The number of hydrogen-bond donors (Lipinski definition) is 1. The third-order valence-corrected chi connectivity index (χ3v) is 13.1. The van der Waals surface area contributed by atoms with Crippen LogP contribution in [-0.2, 0) is 28.7 Å². The summed E-state index contributed by atoms with van der Waals surface area (Å²) in [7, 11) is -2.98. The number of fused-ring (bicyclic) bond motifs is 1. The fraction of sp³-hybridized carbons (Fsp3) is 0.182. The largest absolute Gasteiger partial charge is 0.364 e. The molecule has 1 saturated heterocycles. The minimum absolute atomic E-state index is 0.0786. The summed E-state index contributed by atoms with van der Waals surface area (Å²) in [6, 6.07) is 45.7. The number of anilines is 1. The second kappa shape index (κ2) is 16.8. The SMILES string of the molecule is Cc1ccc(S(=O)(=O)SCOC2C[C@H](n3cnc4c(NC(=O)c5ccccc5)ncnc43)O[C@@H]2COC(c2ccccc2)(c2ccccc2)c2ccccc2)cc1. The summed E-state index contributed by atoms with van der Waals surface area (Å²) in [6.07, 6.45) is 1.43. The van der Waals surface area contributed by atoms with Crippen LogP contribution in [0.2, 0.25) is 0 Å². The van der Waals surface area contributed by atoms with Gasteiger partial charge in [-0.1, -0.05) is 127 Å². The number of rotatable bonds is 14. The van der Waals surface area contributed by atoms with Gasteiger partial charge in [0, 0.05) is 22.8 Å². The lowest BCUT2D eigenvalue weighted by Gasteiger charge is -2.37. The highest BCUT2D eigenvalue weighted by Gasteiger charge is 2.43. The molecule has 13 heteroatoms. The molecule has 1 aliphatic heterocycles. The third kappa shape index (κ3) is 8.11. The van der Waals surface area contributed by atoms with Crippen LogP contribution in [0.5, 0.6) is 0 Å². The Kier molecular flexibility index (Phi) is 11.3. The van der Waals surface area contributed by atoms with Crippen LogP contribution < -0.4 is 5.32 Å². The standard InChI is InChI=1S/C44H39N5O6S2/c1-31-22-24-36(25-23-31)57(51,52)56-30-53-37-26-39(49-29-47-40-41(45-28-46-42(40)49)48-43(50)32-14-6-2-7-15-32)55-38(37)27-54-44(33-16-8-3-9-17-33,34-18-10-4-11-19-34)35-20-12-5-13-21-35/h2-25,28-29,37-39H,26-27,30H2,1H3,(H,45,46,48,50)/t37?,38-,39-/m1/s1. The van der Waals surface area contributed by atoms with Gasteiger partial charge in [0.25, 0.3) is 5.91 Å². The maximum absolute atomic E-state index is 13.3. The highest BCUT2D eigenvalue weighted by Crippen LogP contribution is 2.42. The molecule has 0 aliphatic carbocycles. The zero-order valence-electron chi connectivity index (χ0n) is 30.9. The van der Waals surface area contributed by atoms with Crippen molar-refractivity contribution in [1.82, 2.24) is 19.5 Å². The van der Waals surface area contributed by atoms with Gasteiger partial charge in [0.05, 0.1) is 23.9 Å². The predicted octanol–water partition coefficient (Wildman–Crippen LogP) is 8.15. The molecule has 1 unspecified atom stereocenters. The van der Waals surface area contributed by atoms with E-state index in [0.29, 0.717) is 23.1 Å². The van der Waals surface area contributed by atoms with Crippen molar-refractivity contribution in [3.05, 3.63) is 186 Å². The number of carbonyl (C=O) groups excluding carboxylic acids is 1. The molecule has 0 saturated carbocycles. The van der Waals surface area contributed by atoms with Crippen molar-refractivity contribution in [2.75, 3.05) is 17.9 Å². The van der Waals surface area contributed by atoms with Gasteiger partial charge >= 0.3 is 0 Å². The normalized spacial score (nSPS) is 17.1. The smallest absolute Gasteiger partial charge is 0.256 e. The Balaban J connectivity index is 1.11. The van der Waals surface area contributed by atoms with Crippen LogP contribution in [-0.4, -0.2) is 58.6 Å². The average molecular weight is 798 g/mol. The third-order valence-electron chi connectivity index (χ3n) is 9.92. The Morgan fingerprint density at radius 3 is 1.98 bits per heavy atom. The Morgan fingerprint density at radius 1 is 0.807 bits per heavy atom. The number of ether oxygens (including phenoxy) is 3. The minimum Gasteiger partial charge on any atom is -0.364 e. The number of imidazole rings is 1. The van der Waals surface area contributed by atoms with E-state index >= 15 is 0 Å². The molecule has 1 aliphatic rings. The highest BCUT2D eigenvalue weighted by atomic mass is 33.1. The molecule has 5 aromatic carbocycles. The fourth-order valence-corrected chi connectivity index (χ4v) is 9.30. The number of aromatic nitrogens is 4. The van der Waals surface area contributed by atoms with Crippen molar-refractivity contribution in [2.45, 2.75) is 42.3 Å². The van der Waals surface area contributed by atoms with Crippen LogP contribution in [0.15, 0.2) is 163 Å². The van der Waals surface area contributed by atoms with Crippen LogP contribution in [0.1, 0.15) is 45.3 Å². The van der Waals surface area contributed by atoms with Crippen molar-refractivity contribution in [1.29, 1.82) is 0 Å². The first-order chi connectivity index (χ1) is 27.8. The fourth-order valence-electron chi connectivity index (χ4n) is 7.05. The molecule has 288 valence electrons. The molecule has 0 radical (unpaired) electrons. The van der Waals surface area contributed by atoms with Crippen LogP contribution in [0.3, 0.4) is 0 Å². The number of amides is 1. The Morgan fingerprint density at radius 2 is 1.39 bits per heavy atom. The molecule has 8 rings (SSSR count). The van der Waals surface area contributed by atoms with Gasteiger partial charge in [-0.25, -0.2) is 23.4 Å². The van der Waals surface area contributed by atoms with Crippen LogP contribution in [0, 0.1) is 6.92 Å². The van der Waals surface area contributed by atoms with Gasteiger partial charge in [0.2, 0.25) is 8.87 Å². The molecule has 1 fully saturated rings. The second-order valence-electron chi connectivity index (χ2n) is 13.5. The van der Waals surface area contributed by atoms with Crippen LogP contribution >= 0.6 is 10.8 Å². The van der Waals surface area contributed by atoms with Gasteiger partial charge in [-0.15, -0.1) is 0 Å². The first-order valence-electron chi connectivity index (χ1n) is 18.4. The lowest BCUT2D eigenvalue weighted by Crippen LogP contribution is -2.38. The molecule has 0 spiro atoms. The van der Waals surface area contributed by atoms with E-state index in [1.807, 2.05) is 104 Å². The number of nitrogens with zero attached hydrogens (tertiary/aromatic N) is 4. The van der Waals surface area contributed by atoms with Crippen LogP contribution in [0.4, 0.5) is 5.82 Å². The molecule has 11 nitrogen and oxygen atoms in total. The lowest BCUT2D eigenvalue weighted by molar-refractivity contribution is -0.0991. The summed E-state index contributed by atoms with van der Waals surface area (Å²) in [5, 5.41) is 2.85. The minimum atomic E-state index is -3.70. The zero-order chi connectivity index (χ0) is 39.2. The number of aryl methyl sites for hydroxylation is 1. The van der Waals surface area contributed by atoms with E-state index in [-0.39, 0.29) is 29.2 Å². The van der Waals surface area contributed by atoms with E-state index in [1.54, 1.807) is 59.4 Å². The lowest BCUT2D eigenvalue weighted by atomic mass is 9.80. The number of benzene rings is 5. The summed E-state index contributed by atoms with van der Waals surface area (Å²) in [5.74, 6) is -0.212. The van der Waals surface area contributed by atoms with E-state index in [1.165, 1.54) is 6.33 Å². The molecule has 1 amide bonds. The van der Waals surface area contributed by atoms with E-state index in [0.717, 1.165) is 33.0 Å². The molecule has 1 N–H and O–H groups in total. The van der Waals surface area contributed by atoms with Gasteiger partial charge in [-0.2, -0.15) is 0 Å². The summed E-state index contributed by atoms with van der Waals surface area (Å²) in [5.41, 5.74) is 4.03. The molecule has 2 aromatic heterocycles. The Hall–Kier alpha value is -5.70. The molecule has 7 aromatic rings. The average Bonchev–Trinajstić information content (AvgIpc) is 3.87. The quantitative estimate of drug-likeness (QED) is 0.0653. The van der Waals surface area contributed by atoms with Crippen molar-refractivity contribution in [3.63, 3.8) is 0 Å². The summed E-state index contributed by atoms with van der Waals surface area (Å²) < 4.78 is 48.7. The van der Waals surface area contributed by atoms with Crippen molar-refractivity contribution in [2.24, 2.45) is 0 Å². The van der Waals surface area contributed by atoms with E-state index in [2.05, 4.69) is 20.3 Å². The predicted molar refractivity (Wildman–Crippen MR) is 219 cm³/mol. The second-order valence-corrected chi connectivity index (χ2v) is 17.4. The maximum Gasteiger partial charge on any atom is 0.256 e. The van der Waals surface area contributed by atoms with E-state index in [9.17, 15) is 13.2 Å². The Labute approximate surface area is 334 Å². The summed E-state index contributed by atoms with van der Waals surface area (Å²) >= 11 is 0. The van der Waals surface area contributed by atoms with E-state index in [4.69, 9.17) is 14.2 Å². The molecule has 0 bridgehead atoms. The molecule has 57 heavy (non-hydrogen) atoms. The van der Waals surface area contributed by atoms with Crippen LogP contribution in [0.25, 0.3) is 11.2 Å². The highest BCUT2D eigenvalue weighted by molar-refractivity contribution is 8.72. The van der Waals surface area contributed by atoms with Crippen molar-refractivity contribution < 1.29 is 27.4 Å². The summed E-state index contributed by atoms with van der Waals surface area (Å²) in [6.45, 7) is 1.99. The first kappa shape index (κ1) is 38.2. The number of hydrogen-bond acceptors (Lipinski definition) is 10. The molecular weight excluding hydrogens is 759 g/mol. The first-order valence-corrected chi connectivity index (χ1v) is 21.4. The number of nitrogens with one attached hydrogen (secondary N) is 1. The van der Waals surface area contributed by atoms with Crippen molar-refractivity contribution >= 4 is 42.6 Å². The Bertz CT molecular complexity index is 2450. The monoisotopic (exact) mass is 797 g/mol. The molecular formula is C44H39N5O6S2. The van der Waals surface area contributed by atoms with Crippen molar-refractivity contribution in [3.8, 4) is 0 Å². The van der Waals surface area contributed by atoms with E-state index < -0.39 is 32.9 Å². The number of carbonyl (C=O) groups is 1. The van der Waals surface area contributed by atoms with Gasteiger partial charge < -0.3 is 19.5 Å². The molecule has 3 heterocycles. The summed E-state index contributed by atoms with van der Waals surface area (Å²) in [4.78, 5) is 26.7. The molecule has 3 atom stereocenters. The van der Waals surface area contributed by atoms with Gasteiger partial charge in [0.1, 0.15) is 30.2 Å². The van der Waals surface area contributed by atoms with Gasteiger partial charge in [0.15, 0.2) is 17.0 Å². The topological polar surface area (TPSA) is 135 Å². The van der Waals surface area contributed by atoms with Gasteiger partial charge in [-0.05, 0) is 47.9 Å². The van der Waals surface area contributed by atoms with Gasteiger partial charge in [-0.3, -0.25) is 9.36 Å².